The number of carbonyl (C=O) groups is 1. The molecule has 6 nitrogen and oxygen atoms in total. The highest BCUT2D eigenvalue weighted by Crippen LogP contribution is 2.26. The third kappa shape index (κ3) is 4.70. The fourth-order valence-electron chi connectivity index (χ4n) is 2.50. The fourth-order valence-corrected chi connectivity index (χ4v) is 2.72. The van der Waals surface area contributed by atoms with E-state index < -0.39 is 4.92 Å². The first-order valence-corrected chi connectivity index (χ1v) is 8.48. The summed E-state index contributed by atoms with van der Waals surface area (Å²) >= 11 is 5.95. The molecule has 0 aromatic heterocycles. The molecular formula is C18H18ClN3O3. The number of carbonyl (C=O) groups excluding carboxylic acids is 1. The summed E-state index contributed by atoms with van der Waals surface area (Å²) in [6.45, 7) is 0.523. The highest BCUT2D eigenvalue weighted by Gasteiger charge is 2.25. The van der Waals surface area contributed by atoms with Gasteiger partial charge in [-0.05, 0) is 49.1 Å². The van der Waals surface area contributed by atoms with Crippen molar-refractivity contribution in [1.82, 2.24) is 5.32 Å². The quantitative estimate of drug-likeness (QED) is 0.581. The third-order valence-corrected chi connectivity index (χ3v) is 4.22. The maximum Gasteiger partial charge on any atom is 0.293 e. The van der Waals surface area contributed by atoms with Crippen LogP contribution >= 0.6 is 11.6 Å². The molecule has 3 rings (SSSR count). The highest BCUT2D eigenvalue weighted by molar-refractivity contribution is 6.30. The van der Waals surface area contributed by atoms with E-state index >= 15 is 0 Å². The molecule has 25 heavy (non-hydrogen) atoms. The van der Waals surface area contributed by atoms with Crippen molar-refractivity contribution in [3.05, 3.63) is 68.7 Å². The number of hydrogen-bond acceptors (Lipinski definition) is 4. The molecule has 0 aliphatic heterocycles. The van der Waals surface area contributed by atoms with Crippen LogP contribution in [0.1, 0.15) is 28.8 Å². The molecule has 2 aromatic rings. The molecule has 0 unspecified atom stereocenters. The zero-order chi connectivity index (χ0) is 17.8. The fraction of sp³-hybridized carbons (Fsp3) is 0.278. The van der Waals surface area contributed by atoms with E-state index in [2.05, 4.69) is 10.6 Å². The van der Waals surface area contributed by atoms with E-state index in [9.17, 15) is 14.9 Å². The molecule has 130 valence electrons. The van der Waals surface area contributed by atoms with Crippen molar-refractivity contribution in [3.63, 3.8) is 0 Å². The van der Waals surface area contributed by atoms with Crippen LogP contribution in [0.25, 0.3) is 0 Å². The van der Waals surface area contributed by atoms with Gasteiger partial charge in [0.25, 0.3) is 11.6 Å². The zero-order valence-electron chi connectivity index (χ0n) is 13.5. The van der Waals surface area contributed by atoms with Crippen LogP contribution in [0.2, 0.25) is 5.02 Å². The van der Waals surface area contributed by atoms with Crippen LogP contribution in [0.15, 0.2) is 42.5 Å². The Kier molecular flexibility index (Phi) is 5.19. The highest BCUT2D eigenvalue weighted by atomic mass is 35.5. The molecule has 0 radical (unpaired) electrons. The van der Waals surface area contributed by atoms with Crippen molar-refractivity contribution in [2.75, 3.05) is 11.9 Å². The summed E-state index contributed by atoms with van der Waals surface area (Å²) in [6.07, 6.45) is 2.62. The molecule has 1 amide bonds. The molecule has 0 saturated heterocycles. The van der Waals surface area contributed by atoms with Gasteiger partial charge in [0.05, 0.1) is 4.92 Å². The summed E-state index contributed by atoms with van der Waals surface area (Å²) in [5.41, 5.74) is 1.65. The first kappa shape index (κ1) is 17.2. The number of amides is 1. The van der Waals surface area contributed by atoms with Crippen molar-refractivity contribution < 1.29 is 9.72 Å². The second-order valence-electron chi connectivity index (χ2n) is 6.04. The van der Waals surface area contributed by atoms with Gasteiger partial charge in [-0.3, -0.25) is 14.9 Å². The zero-order valence-corrected chi connectivity index (χ0v) is 14.3. The Labute approximate surface area is 150 Å². The average molecular weight is 360 g/mol. The van der Waals surface area contributed by atoms with Gasteiger partial charge in [0.1, 0.15) is 5.69 Å². The van der Waals surface area contributed by atoms with Gasteiger partial charge in [-0.1, -0.05) is 23.7 Å². The van der Waals surface area contributed by atoms with E-state index in [0.29, 0.717) is 29.2 Å². The van der Waals surface area contributed by atoms with Gasteiger partial charge in [0.15, 0.2) is 0 Å². The predicted molar refractivity (Wildman–Crippen MR) is 97.2 cm³/mol. The molecule has 0 atom stereocenters. The number of benzene rings is 2. The number of nitro groups is 1. The van der Waals surface area contributed by atoms with Crippen LogP contribution in [0.5, 0.6) is 0 Å². The second kappa shape index (κ2) is 7.53. The van der Waals surface area contributed by atoms with Crippen LogP contribution in [0, 0.1) is 10.1 Å². The molecule has 0 spiro atoms. The molecule has 0 heterocycles. The summed E-state index contributed by atoms with van der Waals surface area (Å²) in [7, 11) is 0. The Morgan fingerprint density at radius 3 is 2.72 bits per heavy atom. The summed E-state index contributed by atoms with van der Waals surface area (Å²) in [5, 5.41) is 17.9. The number of anilines is 1. The Balaban J connectivity index is 1.67. The van der Waals surface area contributed by atoms with Crippen molar-refractivity contribution in [3.8, 4) is 0 Å². The lowest BCUT2D eigenvalue weighted by molar-refractivity contribution is -0.384. The molecule has 2 aromatic carbocycles. The minimum atomic E-state index is -0.477. The standard InChI is InChI=1S/C18H18ClN3O3/c19-14-3-1-2-12(10-14)8-9-20-16-7-4-13(11-17(16)22(24)25)18(23)21-15-5-6-15/h1-4,7,10-11,15,20H,5-6,8-9H2,(H,21,23). The molecule has 1 aliphatic carbocycles. The number of nitrogens with one attached hydrogen (secondary N) is 2. The summed E-state index contributed by atoms with van der Waals surface area (Å²) in [5.74, 6) is -0.268. The van der Waals surface area contributed by atoms with Crippen molar-refractivity contribution in [1.29, 1.82) is 0 Å². The Morgan fingerprint density at radius 2 is 2.04 bits per heavy atom. The first-order chi connectivity index (χ1) is 12.0. The maximum atomic E-state index is 12.0. The number of nitrogens with zero attached hydrogens (tertiary/aromatic N) is 1. The number of halogens is 1. The van der Waals surface area contributed by atoms with Crippen LogP contribution < -0.4 is 10.6 Å². The second-order valence-corrected chi connectivity index (χ2v) is 6.48. The molecule has 2 N–H and O–H groups in total. The minimum Gasteiger partial charge on any atom is -0.379 e. The van der Waals surface area contributed by atoms with E-state index in [1.54, 1.807) is 18.2 Å². The number of nitro benzene ring substituents is 1. The van der Waals surface area contributed by atoms with E-state index in [0.717, 1.165) is 18.4 Å². The van der Waals surface area contributed by atoms with Gasteiger partial charge in [-0.25, -0.2) is 0 Å². The van der Waals surface area contributed by atoms with E-state index in [1.807, 2.05) is 18.2 Å². The number of rotatable bonds is 7. The smallest absolute Gasteiger partial charge is 0.293 e. The normalized spacial score (nSPS) is 13.3. The molecule has 1 aliphatic rings. The van der Waals surface area contributed by atoms with Crippen molar-refractivity contribution in [2.45, 2.75) is 25.3 Å². The Hall–Kier alpha value is -2.60. The monoisotopic (exact) mass is 359 g/mol. The Morgan fingerprint density at radius 1 is 1.24 bits per heavy atom. The summed E-state index contributed by atoms with van der Waals surface area (Å²) in [4.78, 5) is 22.9. The van der Waals surface area contributed by atoms with E-state index in [-0.39, 0.29) is 17.6 Å². The van der Waals surface area contributed by atoms with Gasteiger partial charge < -0.3 is 10.6 Å². The van der Waals surface area contributed by atoms with Gasteiger partial charge in [0, 0.05) is 29.2 Å². The summed E-state index contributed by atoms with van der Waals surface area (Å²) in [6, 6.07) is 12.2. The van der Waals surface area contributed by atoms with Crippen molar-refractivity contribution in [2.24, 2.45) is 0 Å². The van der Waals surface area contributed by atoms with Gasteiger partial charge >= 0.3 is 0 Å². The van der Waals surface area contributed by atoms with Gasteiger partial charge in [-0.2, -0.15) is 0 Å². The molecule has 7 heteroatoms. The lowest BCUT2D eigenvalue weighted by atomic mass is 10.1. The minimum absolute atomic E-state index is 0.102. The topological polar surface area (TPSA) is 84.3 Å². The van der Waals surface area contributed by atoms with Gasteiger partial charge in [-0.15, -0.1) is 0 Å². The lowest BCUT2D eigenvalue weighted by Gasteiger charge is -2.09. The lowest BCUT2D eigenvalue weighted by Crippen LogP contribution is -2.25. The SMILES string of the molecule is O=C(NC1CC1)c1ccc(NCCc2cccc(Cl)c2)c([N+](=O)[O-])c1. The number of hydrogen-bond donors (Lipinski definition) is 2. The maximum absolute atomic E-state index is 12.0. The molecule has 1 fully saturated rings. The predicted octanol–water partition coefficient (Wildman–Crippen LogP) is 3.80. The molecule has 0 bridgehead atoms. The molecule has 1 saturated carbocycles. The van der Waals surface area contributed by atoms with E-state index in [1.165, 1.54) is 6.07 Å². The van der Waals surface area contributed by atoms with Crippen LogP contribution in [0.3, 0.4) is 0 Å². The largest absolute Gasteiger partial charge is 0.379 e. The Bertz CT molecular complexity index is 806. The van der Waals surface area contributed by atoms with Gasteiger partial charge in [0.2, 0.25) is 0 Å². The van der Waals surface area contributed by atoms with E-state index in [4.69, 9.17) is 11.6 Å². The average Bonchev–Trinajstić information content (AvgIpc) is 3.39. The first-order valence-electron chi connectivity index (χ1n) is 8.10. The summed E-state index contributed by atoms with van der Waals surface area (Å²) < 4.78 is 0. The van der Waals surface area contributed by atoms with Crippen molar-refractivity contribution >= 4 is 28.9 Å². The van der Waals surface area contributed by atoms with Crippen LogP contribution in [-0.4, -0.2) is 23.4 Å². The third-order valence-electron chi connectivity index (χ3n) is 3.99. The molecular weight excluding hydrogens is 342 g/mol. The van der Waals surface area contributed by atoms with Crippen LogP contribution in [0.4, 0.5) is 11.4 Å². The van der Waals surface area contributed by atoms with Crippen LogP contribution in [-0.2, 0) is 6.42 Å².